The highest BCUT2D eigenvalue weighted by Crippen LogP contribution is 2.34. The van der Waals surface area contributed by atoms with Crippen LogP contribution < -0.4 is 15.4 Å². The molecule has 2 N–H and O–H groups in total. The number of hydrogen-bond acceptors (Lipinski definition) is 4. The summed E-state index contributed by atoms with van der Waals surface area (Å²) in [6, 6.07) is 12.5. The second-order valence-corrected chi connectivity index (χ2v) is 8.39. The zero-order valence-electron chi connectivity index (χ0n) is 17.9. The first-order valence-corrected chi connectivity index (χ1v) is 10.8. The minimum absolute atomic E-state index is 0.0463. The van der Waals surface area contributed by atoms with Gasteiger partial charge in [-0.15, -0.1) is 0 Å². The van der Waals surface area contributed by atoms with E-state index in [9.17, 15) is 18.8 Å². The van der Waals surface area contributed by atoms with Crippen molar-refractivity contribution in [2.75, 3.05) is 13.2 Å². The van der Waals surface area contributed by atoms with Gasteiger partial charge in [-0.25, -0.2) is 9.18 Å². The summed E-state index contributed by atoms with van der Waals surface area (Å²) < 4.78 is 18.5. The Morgan fingerprint density at radius 3 is 2.44 bits per heavy atom. The number of aryl methyl sites for hydroxylation is 1. The number of imide groups is 1. The number of ether oxygens (including phenoxy) is 1. The van der Waals surface area contributed by atoms with E-state index < -0.39 is 11.6 Å². The fourth-order valence-corrected chi connectivity index (χ4v) is 4.23. The Kier molecular flexibility index (Phi) is 6.12. The lowest BCUT2D eigenvalue weighted by Crippen LogP contribution is -2.52. The summed E-state index contributed by atoms with van der Waals surface area (Å²) >= 11 is 0. The smallest absolute Gasteiger partial charge is 0.325 e. The van der Waals surface area contributed by atoms with Crippen LogP contribution in [-0.4, -0.2) is 47.5 Å². The molecule has 4 rings (SSSR count). The predicted molar refractivity (Wildman–Crippen MR) is 116 cm³/mol. The van der Waals surface area contributed by atoms with E-state index in [1.54, 1.807) is 12.1 Å². The van der Waals surface area contributed by atoms with Gasteiger partial charge in [0.05, 0.1) is 6.54 Å². The van der Waals surface area contributed by atoms with Gasteiger partial charge in [0.25, 0.3) is 11.8 Å². The molecule has 2 aromatic carbocycles. The molecule has 2 aliphatic rings. The van der Waals surface area contributed by atoms with E-state index in [2.05, 4.69) is 10.6 Å². The Labute approximate surface area is 185 Å². The fraction of sp³-hybridized carbons (Fsp3) is 0.375. The second kappa shape index (κ2) is 8.98. The zero-order chi connectivity index (χ0) is 22.7. The molecule has 1 spiro atoms. The number of amides is 4. The Balaban J connectivity index is 1.29. The molecule has 2 fully saturated rings. The molecule has 0 radical (unpaired) electrons. The van der Waals surface area contributed by atoms with Crippen LogP contribution in [0, 0.1) is 12.7 Å². The molecule has 7 nitrogen and oxygen atoms in total. The minimum Gasteiger partial charge on any atom is -0.492 e. The Morgan fingerprint density at radius 2 is 1.78 bits per heavy atom. The monoisotopic (exact) mass is 439 g/mol. The van der Waals surface area contributed by atoms with Crippen molar-refractivity contribution in [2.45, 2.75) is 44.2 Å². The lowest BCUT2D eigenvalue weighted by Gasteiger charge is -2.35. The number of hydrogen-bond donors (Lipinski definition) is 2. The number of rotatable bonds is 6. The summed E-state index contributed by atoms with van der Waals surface area (Å²) in [4.78, 5) is 39.1. The maximum atomic E-state index is 13.0. The van der Waals surface area contributed by atoms with Crippen LogP contribution in [0.25, 0.3) is 0 Å². The molecule has 4 amide bonds. The summed E-state index contributed by atoms with van der Waals surface area (Å²) in [5.41, 5.74) is 0.774. The standard InChI is InChI=1S/C24H26FN3O4/c1-16-2-4-17(5-3-16)21(29)26-19-10-12-24(13-11-19)22(30)28(23(31)27-24)14-15-32-20-8-6-18(25)7-9-20/h2-9,19H,10-15H2,1H3,(H,26,29)(H,27,31). The van der Waals surface area contributed by atoms with Crippen LogP contribution in [0.5, 0.6) is 5.75 Å². The fourth-order valence-electron chi connectivity index (χ4n) is 4.23. The molecule has 1 aliphatic heterocycles. The van der Waals surface area contributed by atoms with Crippen molar-refractivity contribution in [1.29, 1.82) is 0 Å². The van der Waals surface area contributed by atoms with Gasteiger partial charge in [-0.05, 0) is 69.0 Å². The maximum Gasteiger partial charge on any atom is 0.325 e. The summed E-state index contributed by atoms with van der Waals surface area (Å²) in [6.45, 7) is 2.20. The van der Waals surface area contributed by atoms with Crippen molar-refractivity contribution in [2.24, 2.45) is 0 Å². The van der Waals surface area contributed by atoms with Crippen LogP contribution in [-0.2, 0) is 4.79 Å². The second-order valence-electron chi connectivity index (χ2n) is 8.39. The van der Waals surface area contributed by atoms with Gasteiger partial charge < -0.3 is 15.4 Å². The number of nitrogens with zero attached hydrogens (tertiary/aromatic N) is 1. The number of carbonyl (C=O) groups excluding carboxylic acids is 3. The topological polar surface area (TPSA) is 87.7 Å². The molecule has 32 heavy (non-hydrogen) atoms. The van der Waals surface area contributed by atoms with E-state index in [1.807, 2.05) is 19.1 Å². The van der Waals surface area contributed by atoms with E-state index in [-0.39, 0.29) is 36.8 Å². The first-order chi connectivity index (χ1) is 15.4. The molecule has 1 saturated heterocycles. The number of carbonyl (C=O) groups is 3. The van der Waals surface area contributed by atoms with Crippen molar-refractivity contribution >= 4 is 17.8 Å². The molecule has 1 aliphatic carbocycles. The molecule has 168 valence electrons. The summed E-state index contributed by atoms with van der Waals surface area (Å²) in [5.74, 6) is -0.280. The van der Waals surface area contributed by atoms with Gasteiger partial charge >= 0.3 is 6.03 Å². The van der Waals surface area contributed by atoms with Gasteiger partial charge in [0, 0.05) is 11.6 Å². The molecule has 0 bridgehead atoms. The van der Waals surface area contributed by atoms with Crippen LogP contribution in [0.2, 0.25) is 0 Å². The average Bonchev–Trinajstić information content (AvgIpc) is 3.01. The van der Waals surface area contributed by atoms with Crippen LogP contribution in [0.1, 0.15) is 41.6 Å². The SMILES string of the molecule is Cc1ccc(C(=O)NC2CCC3(CC2)NC(=O)N(CCOc2ccc(F)cc2)C3=O)cc1. The third-order valence-corrected chi connectivity index (χ3v) is 6.13. The van der Waals surface area contributed by atoms with Crippen molar-refractivity contribution in [3.63, 3.8) is 0 Å². The van der Waals surface area contributed by atoms with Gasteiger partial charge in [-0.3, -0.25) is 14.5 Å². The zero-order valence-corrected chi connectivity index (χ0v) is 17.9. The van der Waals surface area contributed by atoms with Crippen LogP contribution in [0.3, 0.4) is 0 Å². The average molecular weight is 439 g/mol. The number of urea groups is 1. The minimum atomic E-state index is -0.919. The third kappa shape index (κ3) is 4.59. The van der Waals surface area contributed by atoms with E-state index in [4.69, 9.17) is 4.74 Å². The molecule has 1 saturated carbocycles. The molecule has 0 atom stereocenters. The quantitative estimate of drug-likeness (QED) is 0.677. The van der Waals surface area contributed by atoms with Crippen molar-refractivity contribution in [1.82, 2.24) is 15.5 Å². The first kappa shape index (κ1) is 21.8. The van der Waals surface area contributed by atoms with Crippen molar-refractivity contribution < 1.29 is 23.5 Å². The molecular formula is C24H26FN3O4. The number of halogens is 1. The number of nitrogens with one attached hydrogen (secondary N) is 2. The van der Waals surface area contributed by atoms with Crippen molar-refractivity contribution in [3.8, 4) is 5.75 Å². The molecule has 0 unspecified atom stereocenters. The van der Waals surface area contributed by atoms with Crippen LogP contribution in [0.4, 0.5) is 9.18 Å². The molecule has 8 heteroatoms. The van der Waals surface area contributed by atoms with Gasteiger partial charge in [0.2, 0.25) is 0 Å². The van der Waals surface area contributed by atoms with Gasteiger partial charge in [-0.1, -0.05) is 17.7 Å². The Bertz CT molecular complexity index is 999. The number of benzene rings is 2. The summed E-state index contributed by atoms with van der Waals surface area (Å²) in [7, 11) is 0. The van der Waals surface area contributed by atoms with Gasteiger partial charge in [-0.2, -0.15) is 0 Å². The molecular weight excluding hydrogens is 413 g/mol. The van der Waals surface area contributed by atoms with E-state index in [1.165, 1.54) is 29.2 Å². The van der Waals surface area contributed by atoms with E-state index in [0.29, 0.717) is 37.0 Å². The highest BCUT2D eigenvalue weighted by Gasteiger charge is 2.52. The maximum absolute atomic E-state index is 13.0. The molecule has 0 aromatic heterocycles. The predicted octanol–water partition coefficient (Wildman–Crippen LogP) is 3.18. The highest BCUT2D eigenvalue weighted by atomic mass is 19.1. The van der Waals surface area contributed by atoms with E-state index >= 15 is 0 Å². The van der Waals surface area contributed by atoms with Crippen molar-refractivity contribution in [3.05, 3.63) is 65.5 Å². The van der Waals surface area contributed by atoms with Crippen LogP contribution >= 0.6 is 0 Å². The third-order valence-electron chi connectivity index (χ3n) is 6.13. The van der Waals surface area contributed by atoms with Crippen LogP contribution in [0.15, 0.2) is 48.5 Å². The first-order valence-electron chi connectivity index (χ1n) is 10.8. The lowest BCUT2D eigenvalue weighted by atomic mass is 9.79. The normalized spacial score (nSPS) is 22.7. The Morgan fingerprint density at radius 1 is 1.12 bits per heavy atom. The molecule has 2 aromatic rings. The van der Waals surface area contributed by atoms with Gasteiger partial charge in [0.1, 0.15) is 23.7 Å². The molecule has 1 heterocycles. The largest absolute Gasteiger partial charge is 0.492 e. The summed E-state index contributed by atoms with van der Waals surface area (Å²) in [5, 5.41) is 5.89. The van der Waals surface area contributed by atoms with Gasteiger partial charge in [0.15, 0.2) is 0 Å². The highest BCUT2D eigenvalue weighted by molar-refractivity contribution is 6.07. The Hall–Kier alpha value is -3.42. The summed E-state index contributed by atoms with van der Waals surface area (Å²) in [6.07, 6.45) is 2.13. The van der Waals surface area contributed by atoms with E-state index in [0.717, 1.165) is 5.56 Å². The lowest BCUT2D eigenvalue weighted by molar-refractivity contribution is -0.132.